The van der Waals surface area contributed by atoms with E-state index in [4.69, 9.17) is 4.74 Å². The van der Waals surface area contributed by atoms with Crippen LogP contribution in [0.2, 0.25) is 0 Å². The van der Waals surface area contributed by atoms with Gasteiger partial charge in [0.2, 0.25) is 0 Å². The number of amides is 1. The second kappa shape index (κ2) is 8.91. The molecule has 0 saturated heterocycles. The van der Waals surface area contributed by atoms with Crippen molar-refractivity contribution in [2.24, 2.45) is 0 Å². The molecule has 1 amide bonds. The van der Waals surface area contributed by atoms with Crippen molar-refractivity contribution in [3.8, 4) is 5.75 Å². The van der Waals surface area contributed by atoms with Crippen molar-refractivity contribution in [3.63, 3.8) is 0 Å². The first kappa shape index (κ1) is 17.8. The Kier molecular flexibility index (Phi) is 6.61. The van der Waals surface area contributed by atoms with Crippen LogP contribution in [0.4, 0.5) is 11.4 Å². The van der Waals surface area contributed by atoms with Crippen LogP contribution in [-0.4, -0.2) is 24.5 Å². The molecule has 1 aromatic heterocycles. The normalized spacial score (nSPS) is 10.3. The fraction of sp³-hybridized carbons (Fsp3) is 0.368. The molecule has 5 heteroatoms. The molecule has 0 spiro atoms. The van der Waals surface area contributed by atoms with Gasteiger partial charge in [-0.3, -0.25) is 9.78 Å². The summed E-state index contributed by atoms with van der Waals surface area (Å²) < 4.78 is 5.29. The van der Waals surface area contributed by atoms with Gasteiger partial charge < -0.3 is 15.4 Å². The van der Waals surface area contributed by atoms with Gasteiger partial charge in [-0.2, -0.15) is 0 Å². The number of nitrogens with one attached hydrogen (secondary N) is 2. The van der Waals surface area contributed by atoms with Gasteiger partial charge in [-0.1, -0.05) is 25.8 Å². The van der Waals surface area contributed by atoms with Gasteiger partial charge in [0.25, 0.3) is 5.91 Å². The molecule has 0 saturated carbocycles. The lowest BCUT2D eigenvalue weighted by molar-refractivity contribution is 0.102. The Balaban J connectivity index is 2.06. The molecular weight excluding hydrogens is 302 g/mol. The van der Waals surface area contributed by atoms with E-state index in [1.54, 1.807) is 19.4 Å². The third kappa shape index (κ3) is 4.98. The minimum Gasteiger partial charge on any atom is -0.495 e. The quantitative estimate of drug-likeness (QED) is 0.711. The zero-order chi connectivity index (χ0) is 17.4. The highest BCUT2D eigenvalue weighted by molar-refractivity contribution is 6.04. The molecule has 0 aliphatic rings. The van der Waals surface area contributed by atoms with Gasteiger partial charge in [-0.25, -0.2) is 0 Å². The molecule has 2 N–H and O–H groups in total. The highest BCUT2D eigenvalue weighted by Crippen LogP contribution is 2.25. The lowest BCUT2D eigenvalue weighted by Crippen LogP contribution is -2.15. The Morgan fingerprint density at radius 2 is 2.04 bits per heavy atom. The fourth-order valence-electron chi connectivity index (χ4n) is 2.38. The minimum atomic E-state index is -0.254. The van der Waals surface area contributed by atoms with E-state index < -0.39 is 0 Å². The Bertz CT molecular complexity index is 686. The number of aromatic nitrogens is 1. The van der Waals surface area contributed by atoms with E-state index in [2.05, 4.69) is 22.5 Å². The summed E-state index contributed by atoms with van der Waals surface area (Å²) in [5, 5.41) is 6.19. The summed E-state index contributed by atoms with van der Waals surface area (Å²) in [4.78, 5) is 16.6. The van der Waals surface area contributed by atoms with Crippen LogP contribution >= 0.6 is 0 Å². The van der Waals surface area contributed by atoms with Gasteiger partial charge in [-0.15, -0.1) is 0 Å². The molecule has 0 aliphatic carbocycles. The van der Waals surface area contributed by atoms with Crippen LogP contribution in [0.3, 0.4) is 0 Å². The van der Waals surface area contributed by atoms with Crippen molar-refractivity contribution in [2.45, 2.75) is 33.1 Å². The van der Waals surface area contributed by atoms with Crippen LogP contribution in [-0.2, 0) is 0 Å². The van der Waals surface area contributed by atoms with Crippen molar-refractivity contribution < 1.29 is 9.53 Å². The first-order valence-corrected chi connectivity index (χ1v) is 8.30. The molecule has 0 fully saturated rings. The summed E-state index contributed by atoms with van der Waals surface area (Å²) in [6.07, 6.45) is 5.13. The minimum absolute atomic E-state index is 0.254. The second-order valence-corrected chi connectivity index (χ2v) is 5.72. The maximum atomic E-state index is 12.5. The van der Waals surface area contributed by atoms with Gasteiger partial charge in [0.05, 0.1) is 12.8 Å². The summed E-state index contributed by atoms with van der Waals surface area (Å²) in [5.74, 6) is 0.374. The maximum Gasteiger partial charge on any atom is 0.274 e. The molecule has 0 atom stereocenters. The van der Waals surface area contributed by atoms with E-state index in [-0.39, 0.29) is 5.91 Å². The summed E-state index contributed by atoms with van der Waals surface area (Å²) in [6, 6.07) is 9.29. The average Bonchev–Trinajstić information content (AvgIpc) is 2.59. The highest BCUT2D eigenvalue weighted by atomic mass is 16.5. The summed E-state index contributed by atoms with van der Waals surface area (Å²) in [7, 11) is 1.58. The number of carbonyl (C=O) groups is 1. The lowest BCUT2D eigenvalue weighted by atomic mass is 10.2. The number of rotatable bonds is 8. The Labute approximate surface area is 143 Å². The van der Waals surface area contributed by atoms with Crippen molar-refractivity contribution >= 4 is 17.3 Å². The Morgan fingerprint density at radius 3 is 2.79 bits per heavy atom. The van der Waals surface area contributed by atoms with Crippen molar-refractivity contribution in [2.75, 3.05) is 24.3 Å². The molecular formula is C19H25N3O2. The van der Waals surface area contributed by atoms with Crippen molar-refractivity contribution in [3.05, 3.63) is 47.8 Å². The number of hydrogen-bond acceptors (Lipinski definition) is 4. The van der Waals surface area contributed by atoms with Gasteiger partial charge in [0.15, 0.2) is 0 Å². The van der Waals surface area contributed by atoms with E-state index in [0.717, 1.165) is 24.2 Å². The number of carbonyl (C=O) groups excluding carboxylic acids is 1. The van der Waals surface area contributed by atoms with Crippen LogP contribution < -0.4 is 15.4 Å². The van der Waals surface area contributed by atoms with Crippen LogP contribution in [0.1, 0.15) is 42.2 Å². The number of anilines is 2. The summed E-state index contributed by atoms with van der Waals surface area (Å²) in [6.45, 7) is 5.03. The van der Waals surface area contributed by atoms with Gasteiger partial charge in [-0.05, 0) is 43.2 Å². The number of aryl methyl sites for hydroxylation is 1. The molecule has 0 unspecified atom stereocenters. The summed E-state index contributed by atoms with van der Waals surface area (Å²) in [5.41, 5.74) is 2.97. The molecule has 128 valence electrons. The molecule has 2 aromatic rings. The average molecular weight is 327 g/mol. The number of pyridine rings is 1. The van der Waals surface area contributed by atoms with Gasteiger partial charge in [0, 0.05) is 18.4 Å². The van der Waals surface area contributed by atoms with E-state index in [1.807, 2.05) is 31.2 Å². The van der Waals surface area contributed by atoms with Crippen molar-refractivity contribution in [1.82, 2.24) is 4.98 Å². The highest BCUT2D eigenvalue weighted by Gasteiger charge is 2.11. The van der Waals surface area contributed by atoms with Crippen LogP contribution in [0.5, 0.6) is 5.75 Å². The topological polar surface area (TPSA) is 63.2 Å². The number of nitrogens with zero attached hydrogens (tertiary/aromatic N) is 1. The first-order chi connectivity index (χ1) is 11.6. The number of benzene rings is 1. The van der Waals surface area contributed by atoms with E-state index >= 15 is 0 Å². The molecule has 1 aromatic carbocycles. The predicted octanol–water partition coefficient (Wildman–Crippen LogP) is 4.25. The molecule has 5 nitrogen and oxygen atoms in total. The zero-order valence-electron chi connectivity index (χ0n) is 14.6. The molecule has 0 aliphatic heterocycles. The monoisotopic (exact) mass is 327 g/mol. The van der Waals surface area contributed by atoms with E-state index in [0.29, 0.717) is 17.1 Å². The molecule has 24 heavy (non-hydrogen) atoms. The smallest absolute Gasteiger partial charge is 0.274 e. The molecule has 0 bridgehead atoms. The van der Waals surface area contributed by atoms with E-state index in [1.165, 1.54) is 12.8 Å². The number of ether oxygens (including phenoxy) is 1. The standard InChI is InChI=1S/C19H25N3O2/c1-4-5-6-10-20-15-9-11-21-17(13-15)19(23)22-16-12-14(2)7-8-18(16)24-3/h7-9,11-13H,4-6,10H2,1-3H3,(H,20,21)(H,22,23). The predicted molar refractivity (Wildman–Crippen MR) is 97.9 cm³/mol. The third-order valence-electron chi connectivity index (χ3n) is 3.71. The molecule has 1 heterocycles. The number of unbranched alkanes of at least 4 members (excludes halogenated alkanes) is 2. The molecule has 2 rings (SSSR count). The summed E-state index contributed by atoms with van der Waals surface area (Å²) >= 11 is 0. The fourth-order valence-corrected chi connectivity index (χ4v) is 2.38. The van der Waals surface area contributed by atoms with Gasteiger partial charge >= 0.3 is 0 Å². The van der Waals surface area contributed by atoms with Crippen LogP contribution in [0, 0.1) is 6.92 Å². The van der Waals surface area contributed by atoms with Crippen LogP contribution in [0.15, 0.2) is 36.5 Å². The van der Waals surface area contributed by atoms with E-state index in [9.17, 15) is 4.79 Å². The lowest BCUT2D eigenvalue weighted by Gasteiger charge is -2.11. The third-order valence-corrected chi connectivity index (χ3v) is 3.71. The first-order valence-electron chi connectivity index (χ1n) is 8.30. The number of hydrogen-bond donors (Lipinski definition) is 2. The van der Waals surface area contributed by atoms with Gasteiger partial charge in [0.1, 0.15) is 11.4 Å². The molecule has 0 radical (unpaired) electrons. The zero-order valence-corrected chi connectivity index (χ0v) is 14.6. The maximum absolute atomic E-state index is 12.5. The largest absolute Gasteiger partial charge is 0.495 e. The number of methoxy groups -OCH3 is 1. The second-order valence-electron chi connectivity index (χ2n) is 5.72. The van der Waals surface area contributed by atoms with Crippen LogP contribution in [0.25, 0.3) is 0 Å². The SMILES string of the molecule is CCCCCNc1ccnc(C(=O)Nc2cc(C)ccc2OC)c1. The Morgan fingerprint density at radius 1 is 1.21 bits per heavy atom. The van der Waals surface area contributed by atoms with Crippen molar-refractivity contribution in [1.29, 1.82) is 0 Å². The Hall–Kier alpha value is -2.56.